The second-order valence-corrected chi connectivity index (χ2v) is 4.28. The zero-order valence-electron chi connectivity index (χ0n) is 9.45. The number of methoxy groups -OCH3 is 1. The van der Waals surface area contributed by atoms with Crippen molar-refractivity contribution in [2.24, 2.45) is 0 Å². The highest BCUT2D eigenvalue weighted by Gasteiger charge is 2.18. The van der Waals surface area contributed by atoms with E-state index in [9.17, 15) is 4.79 Å². The lowest BCUT2D eigenvalue weighted by molar-refractivity contribution is 0.0228. The smallest absolute Gasteiger partial charge is 0.271 e. The van der Waals surface area contributed by atoms with Crippen molar-refractivity contribution in [1.29, 1.82) is 0 Å². The molecule has 0 aromatic carbocycles. The average molecular weight is 244 g/mol. The first-order chi connectivity index (χ1) is 7.44. The Morgan fingerprint density at radius 2 is 2.19 bits per heavy atom. The number of carbonyl (C=O) groups is 1. The van der Waals surface area contributed by atoms with E-state index < -0.39 is 5.60 Å². The van der Waals surface area contributed by atoms with Gasteiger partial charge in [-0.3, -0.25) is 4.79 Å². The van der Waals surface area contributed by atoms with E-state index in [0.29, 0.717) is 6.54 Å². The molecule has 1 aromatic heterocycles. The standard InChI is InChI=1S/C10H14ClN3O2/c1-10(2,16-3)6-12-9(15)7-4-5-8(11)14-13-7/h4-5H,6H2,1-3H3,(H,12,15). The van der Waals surface area contributed by atoms with E-state index in [1.807, 2.05) is 13.8 Å². The van der Waals surface area contributed by atoms with E-state index in [4.69, 9.17) is 16.3 Å². The van der Waals surface area contributed by atoms with E-state index in [2.05, 4.69) is 15.5 Å². The van der Waals surface area contributed by atoms with E-state index in [-0.39, 0.29) is 16.8 Å². The molecule has 16 heavy (non-hydrogen) atoms. The Bertz CT molecular complexity index is 365. The minimum absolute atomic E-state index is 0.233. The number of carbonyl (C=O) groups excluding carboxylic acids is 1. The highest BCUT2D eigenvalue weighted by atomic mass is 35.5. The summed E-state index contributed by atoms with van der Waals surface area (Å²) in [6.07, 6.45) is 0. The molecule has 0 spiro atoms. The van der Waals surface area contributed by atoms with Crippen LogP contribution in [0.5, 0.6) is 0 Å². The maximum atomic E-state index is 11.6. The van der Waals surface area contributed by atoms with Crippen LogP contribution in [0.2, 0.25) is 5.15 Å². The first-order valence-electron chi connectivity index (χ1n) is 4.77. The molecular formula is C10H14ClN3O2. The molecule has 0 saturated carbocycles. The number of halogens is 1. The molecule has 0 atom stereocenters. The van der Waals surface area contributed by atoms with E-state index in [0.717, 1.165) is 0 Å². The predicted molar refractivity (Wildman–Crippen MR) is 60.5 cm³/mol. The fourth-order valence-electron chi connectivity index (χ4n) is 0.893. The maximum absolute atomic E-state index is 11.6. The SMILES string of the molecule is COC(C)(C)CNC(=O)c1ccc(Cl)nn1. The predicted octanol–water partition coefficient (Wildman–Crippen LogP) is 1.28. The van der Waals surface area contributed by atoms with Gasteiger partial charge >= 0.3 is 0 Å². The van der Waals surface area contributed by atoms with Gasteiger partial charge in [-0.05, 0) is 26.0 Å². The Morgan fingerprint density at radius 1 is 1.50 bits per heavy atom. The number of hydrogen-bond donors (Lipinski definition) is 1. The molecule has 0 fully saturated rings. The van der Waals surface area contributed by atoms with Crippen LogP contribution in [0.15, 0.2) is 12.1 Å². The van der Waals surface area contributed by atoms with Crippen molar-refractivity contribution in [1.82, 2.24) is 15.5 Å². The van der Waals surface area contributed by atoms with Gasteiger partial charge in [0.1, 0.15) is 0 Å². The van der Waals surface area contributed by atoms with Crippen LogP contribution in [-0.2, 0) is 4.74 Å². The van der Waals surface area contributed by atoms with Crippen LogP contribution in [-0.4, -0.2) is 35.4 Å². The maximum Gasteiger partial charge on any atom is 0.271 e. The molecule has 0 saturated heterocycles. The first kappa shape index (κ1) is 12.9. The van der Waals surface area contributed by atoms with Crippen LogP contribution in [0.25, 0.3) is 0 Å². The lowest BCUT2D eigenvalue weighted by atomic mass is 10.1. The monoisotopic (exact) mass is 243 g/mol. The minimum Gasteiger partial charge on any atom is -0.377 e. The van der Waals surface area contributed by atoms with Crippen LogP contribution < -0.4 is 5.32 Å². The van der Waals surface area contributed by atoms with Crippen molar-refractivity contribution < 1.29 is 9.53 Å². The van der Waals surface area contributed by atoms with Crippen molar-refractivity contribution in [2.45, 2.75) is 19.4 Å². The second kappa shape index (κ2) is 5.23. The third-order valence-electron chi connectivity index (χ3n) is 2.09. The third-order valence-corrected chi connectivity index (χ3v) is 2.29. The molecule has 1 amide bonds. The van der Waals surface area contributed by atoms with E-state index in [1.165, 1.54) is 12.1 Å². The Balaban J connectivity index is 2.56. The highest BCUT2D eigenvalue weighted by Crippen LogP contribution is 2.06. The van der Waals surface area contributed by atoms with Crippen molar-refractivity contribution in [3.05, 3.63) is 23.0 Å². The summed E-state index contributed by atoms with van der Waals surface area (Å²) in [4.78, 5) is 11.6. The summed E-state index contributed by atoms with van der Waals surface area (Å²) in [5.41, 5.74) is -0.175. The summed E-state index contributed by atoms with van der Waals surface area (Å²) in [5, 5.41) is 10.2. The van der Waals surface area contributed by atoms with Crippen LogP contribution in [0, 0.1) is 0 Å². The molecule has 0 aliphatic rings. The van der Waals surface area contributed by atoms with E-state index in [1.54, 1.807) is 7.11 Å². The molecule has 1 N–H and O–H groups in total. The van der Waals surface area contributed by atoms with Gasteiger partial charge in [0.15, 0.2) is 10.8 Å². The van der Waals surface area contributed by atoms with Crippen molar-refractivity contribution >= 4 is 17.5 Å². The van der Waals surface area contributed by atoms with E-state index >= 15 is 0 Å². The van der Waals surface area contributed by atoms with Gasteiger partial charge in [0, 0.05) is 13.7 Å². The zero-order chi connectivity index (χ0) is 12.2. The van der Waals surface area contributed by atoms with Crippen LogP contribution in [0.3, 0.4) is 0 Å². The number of ether oxygens (including phenoxy) is 1. The van der Waals surface area contributed by atoms with Gasteiger partial charge in [0.25, 0.3) is 5.91 Å². The summed E-state index contributed by atoms with van der Waals surface area (Å²) >= 11 is 5.56. The molecule has 1 heterocycles. The first-order valence-corrected chi connectivity index (χ1v) is 5.15. The number of amides is 1. The minimum atomic E-state index is -0.407. The number of rotatable bonds is 4. The lowest BCUT2D eigenvalue weighted by Gasteiger charge is -2.22. The lowest BCUT2D eigenvalue weighted by Crippen LogP contribution is -2.40. The van der Waals surface area contributed by atoms with Gasteiger partial charge < -0.3 is 10.1 Å². The van der Waals surface area contributed by atoms with Crippen LogP contribution in [0.1, 0.15) is 24.3 Å². The van der Waals surface area contributed by atoms with Gasteiger partial charge in [-0.1, -0.05) is 11.6 Å². The normalized spacial score (nSPS) is 11.2. The molecule has 6 heteroatoms. The summed E-state index contributed by atoms with van der Waals surface area (Å²) in [5.74, 6) is -0.297. The van der Waals surface area contributed by atoms with Gasteiger partial charge in [-0.15, -0.1) is 10.2 Å². The number of aromatic nitrogens is 2. The summed E-state index contributed by atoms with van der Waals surface area (Å²) in [7, 11) is 1.59. The molecule has 0 bridgehead atoms. The van der Waals surface area contributed by atoms with Crippen LogP contribution >= 0.6 is 11.6 Å². The molecule has 5 nitrogen and oxygen atoms in total. The van der Waals surface area contributed by atoms with Gasteiger partial charge in [0.05, 0.1) is 5.60 Å². The Labute approximate surface area is 99.2 Å². The fourth-order valence-corrected chi connectivity index (χ4v) is 0.994. The summed E-state index contributed by atoms with van der Waals surface area (Å²) in [6.45, 7) is 4.15. The quantitative estimate of drug-likeness (QED) is 0.866. The molecule has 0 aliphatic heterocycles. The average Bonchev–Trinajstić information content (AvgIpc) is 2.27. The molecule has 88 valence electrons. The molecular weight excluding hydrogens is 230 g/mol. The van der Waals surface area contributed by atoms with Gasteiger partial charge in [0.2, 0.25) is 0 Å². The largest absolute Gasteiger partial charge is 0.377 e. The Morgan fingerprint density at radius 3 is 2.69 bits per heavy atom. The van der Waals surface area contributed by atoms with Crippen LogP contribution in [0.4, 0.5) is 0 Å². The van der Waals surface area contributed by atoms with Crippen molar-refractivity contribution in [3.63, 3.8) is 0 Å². The Hall–Kier alpha value is -1.20. The fraction of sp³-hybridized carbons (Fsp3) is 0.500. The number of hydrogen-bond acceptors (Lipinski definition) is 4. The summed E-state index contributed by atoms with van der Waals surface area (Å²) < 4.78 is 5.17. The zero-order valence-corrected chi connectivity index (χ0v) is 10.2. The third kappa shape index (κ3) is 3.75. The van der Waals surface area contributed by atoms with Crippen molar-refractivity contribution in [2.75, 3.05) is 13.7 Å². The summed E-state index contributed by atoms with van der Waals surface area (Å²) in [6, 6.07) is 3.04. The van der Waals surface area contributed by atoms with Gasteiger partial charge in [-0.25, -0.2) is 0 Å². The second-order valence-electron chi connectivity index (χ2n) is 3.89. The molecule has 1 rings (SSSR count). The highest BCUT2D eigenvalue weighted by molar-refractivity contribution is 6.29. The topological polar surface area (TPSA) is 64.1 Å². The molecule has 0 radical (unpaired) electrons. The molecule has 0 aliphatic carbocycles. The molecule has 0 unspecified atom stereocenters. The Kier molecular flexibility index (Phi) is 4.20. The molecule has 1 aromatic rings. The van der Waals surface area contributed by atoms with Crippen molar-refractivity contribution in [3.8, 4) is 0 Å². The number of nitrogens with zero attached hydrogens (tertiary/aromatic N) is 2. The van der Waals surface area contributed by atoms with Gasteiger partial charge in [-0.2, -0.15) is 0 Å². The number of nitrogens with one attached hydrogen (secondary N) is 1.